The molecule has 0 amide bonds. The number of nitrogens with zero attached hydrogens (tertiary/aromatic N) is 1. The first-order valence-corrected chi connectivity index (χ1v) is 24.3. The van der Waals surface area contributed by atoms with Crippen molar-refractivity contribution in [3.63, 3.8) is 0 Å². The van der Waals surface area contributed by atoms with Gasteiger partial charge in [0.15, 0.2) is 5.78 Å². The number of carbonyl (C=O) groups is 1. The highest BCUT2D eigenvalue weighted by molar-refractivity contribution is 7.26. The van der Waals surface area contributed by atoms with E-state index in [4.69, 9.17) is 0 Å². The molecule has 2 nitrogen and oxygen atoms in total. The number of carbonyl (C=O) groups excluding carboxylic acids is 1. The molecule has 0 spiro atoms. The Labute approximate surface area is 401 Å². The van der Waals surface area contributed by atoms with Gasteiger partial charge in [-0.05, 0) is 121 Å². The normalized spacial score (nSPS) is 14.0. The Morgan fingerprint density at radius 1 is 0.382 bits per heavy atom. The number of thiophene rings is 1. The minimum atomic E-state index is -0.694. The van der Waals surface area contributed by atoms with E-state index >= 15 is 0 Å². The third-order valence-electron chi connectivity index (χ3n) is 14.7. The Bertz CT molecular complexity index is 3750. The highest BCUT2D eigenvalue weighted by Crippen LogP contribution is 2.54. The number of fused-ring (bicyclic) bond motifs is 8. The molecule has 0 unspecified atom stereocenters. The van der Waals surface area contributed by atoms with Crippen molar-refractivity contribution in [1.29, 1.82) is 0 Å². The molecule has 0 bridgehead atoms. The molecule has 0 saturated carbocycles. The fourth-order valence-corrected chi connectivity index (χ4v) is 12.8. The van der Waals surface area contributed by atoms with Crippen molar-refractivity contribution < 1.29 is 4.79 Å². The summed E-state index contributed by atoms with van der Waals surface area (Å²) in [4.78, 5) is 16.9. The van der Waals surface area contributed by atoms with Crippen LogP contribution in [-0.4, -0.2) is 5.78 Å². The second-order valence-electron chi connectivity index (χ2n) is 18.7. The van der Waals surface area contributed by atoms with E-state index in [1.165, 1.54) is 53.7 Å². The van der Waals surface area contributed by atoms with Gasteiger partial charge >= 0.3 is 0 Å². The van der Waals surface area contributed by atoms with E-state index in [0.29, 0.717) is 0 Å². The fourth-order valence-electron chi connectivity index (χ4n) is 11.5. The van der Waals surface area contributed by atoms with E-state index in [2.05, 4.69) is 243 Å². The van der Waals surface area contributed by atoms with Crippen LogP contribution >= 0.6 is 11.3 Å². The van der Waals surface area contributed by atoms with Crippen LogP contribution in [0.25, 0.3) is 53.6 Å². The van der Waals surface area contributed by atoms with Gasteiger partial charge in [-0.15, -0.1) is 11.3 Å². The molecule has 0 fully saturated rings. The lowest BCUT2D eigenvalue weighted by Crippen LogP contribution is -2.38. The lowest BCUT2D eigenvalue weighted by atomic mass is 9.59. The lowest BCUT2D eigenvalue weighted by molar-refractivity contribution is 0.103. The lowest BCUT2D eigenvalue weighted by Gasteiger charge is -2.42. The van der Waals surface area contributed by atoms with Gasteiger partial charge in [-0.1, -0.05) is 196 Å². The Balaban J connectivity index is 0.911. The predicted octanol–water partition coefficient (Wildman–Crippen LogP) is 17.1. The van der Waals surface area contributed by atoms with Crippen LogP contribution in [0.3, 0.4) is 0 Å². The second kappa shape index (κ2) is 15.5. The van der Waals surface area contributed by atoms with Crippen LogP contribution in [0.2, 0.25) is 0 Å². The van der Waals surface area contributed by atoms with E-state index in [1.807, 2.05) is 23.5 Å². The molecule has 68 heavy (non-hydrogen) atoms. The van der Waals surface area contributed by atoms with E-state index in [9.17, 15) is 4.79 Å². The smallest absolute Gasteiger partial charge is 0.193 e. The molecule has 0 saturated heterocycles. The summed E-state index contributed by atoms with van der Waals surface area (Å²) in [6.45, 7) is 4.73. The third kappa shape index (κ3) is 5.99. The van der Waals surface area contributed by atoms with Crippen LogP contribution in [0.1, 0.15) is 63.1 Å². The molecular weight excluding hydrogens is 843 g/mol. The fraction of sp³-hybridized carbons (Fsp3) is 0.0615. The van der Waals surface area contributed by atoms with Gasteiger partial charge in [-0.3, -0.25) is 4.79 Å². The average molecular weight is 888 g/mol. The van der Waals surface area contributed by atoms with Crippen LogP contribution < -0.4 is 4.90 Å². The number of hydrogen-bond acceptors (Lipinski definition) is 3. The van der Waals surface area contributed by atoms with Gasteiger partial charge in [0.1, 0.15) is 0 Å². The quantitative estimate of drug-likeness (QED) is 0.159. The molecule has 13 rings (SSSR count). The molecule has 3 heteroatoms. The van der Waals surface area contributed by atoms with Crippen molar-refractivity contribution in [3.8, 4) is 33.4 Å². The second-order valence-corrected chi connectivity index (χ2v) is 19.8. The van der Waals surface area contributed by atoms with Gasteiger partial charge < -0.3 is 4.90 Å². The Morgan fingerprint density at radius 3 is 1.69 bits per heavy atom. The molecule has 11 aromatic rings. The van der Waals surface area contributed by atoms with Gasteiger partial charge in [-0.2, -0.15) is 0 Å². The van der Waals surface area contributed by atoms with Gasteiger partial charge in [0.05, 0.1) is 15.8 Å². The van der Waals surface area contributed by atoms with Crippen molar-refractivity contribution in [2.75, 3.05) is 4.90 Å². The summed E-state index contributed by atoms with van der Waals surface area (Å²) in [5.41, 5.74) is 18.0. The van der Waals surface area contributed by atoms with E-state index in [-0.39, 0.29) is 11.2 Å². The number of benzene rings is 10. The van der Waals surface area contributed by atoms with E-state index < -0.39 is 5.41 Å². The Kier molecular flexibility index (Phi) is 9.15. The SMILES string of the molecule is CC1(C)c2ccc(N(c3ccccc3)c3cccc4c3sc3ccccc34)cc2-c2ccc(-c3cccc(-c4ccc5c(c4)C(c4ccccc4)(c4ccccc4)c4ccccc4C5=O)c3)cc21. The molecule has 1 heterocycles. The summed E-state index contributed by atoms with van der Waals surface area (Å²) in [5, 5.41) is 2.58. The van der Waals surface area contributed by atoms with E-state index in [0.717, 1.165) is 61.4 Å². The van der Waals surface area contributed by atoms with E-state index in [1.54, 1.807) is 0 Å². The summed E-state index contributed by atoms with van der Waals surface area (Å²) in [6, 6.07) is 85.3. The summed E-state index contributed by atoms with van der Waals surface area (Å²) in [6.07, 6.45) is 0. The maximum atomic E-state index is 14.4. The van der Waals surface area contributed by atoms with Crippen molar-refractivity contribution >= 4 is 54.4 Å². The Morgan fingerprint density at radius 2 is 0.956 bits per heavy atom. The van der Waals surface area contributed by atoms with Crippen molar-refractivity contribution in [3.05, 3.63) is 281 Å². The molecule has 1 aromatic heterocycles. The largest absolute Gasteiger partial charge is 0.309 e. The maximum absolute atomic E-state index is 14.4. The number of anilines is 3. The van der Waals surface area contributed by atoms with Crippen LogP contribution in [0, 0.1) is 0 Å². The van der Waals surface area contributed by atoms with Crippen LogP contribution in [-0.2, 0) is 10.8 Å². The van der Waals surface area contributed by atoms with Crippen molar-refractivity contribution in [1.82, 2.24) is 0 Å². The zero-order valence-corrected chi connectivity index (χ0v) is 38.6. The van der Waals surface area contributed by atoms with Crippen LogP contribution in [0.15, 0.2) is 237 Å². The number of ketones is 1. The van der Waals surface area contributed by atoms with Gasteiger partial charge in [-0.25, -0.2) is 0 Å². The zero-order valence-electron chi connectivity index (χ0n) is 37.8. The molecular formula is C65H45NOS. The minimum Gasteiger partial charge on any atom is -0.309 e. The van der Waals surface area contributed by atoms with Gasteiger partial charge in [0, 0.05) is 43.4 Å². The molecule has 0 atom stereocenters. The summed E-state index contributed by atoms with van der Waals surface area (Å²) in [5.74, 6) is 0.0635. The predicted molar refractivity (Wildman–Crippen MR) is 284 cm³/mol. The number of rotatable bonds is 7. The molecule has 0 aliphatic heterocycles. The van der Waals surface area contributed by atoms with Crippen LogP contribution in [0.4, 0.5) is 17.1 Å². The molecule has 0 radical (unpaired) electrons. The molecule has 2 aliphatic rings. The maximum Gasteiger partial charge on any atom is 0.193 e. The summed E-state index contributed by atoms with van der Waals surface area (Å²) in [7, 11) is 0. The number of para-hydroxylation sites is 1. The molecule has 10 aromatic carbocycles. The first-order valence-electron chi connectivity index (χ1n) is 23.4. The molecule has 322 valence electrons. The number of hydrogen-bond donors (Lipinski definition) is 0. The first-order chi connectivity index (χ1) is 33.4. The van der Waals surface area contributed by atoms with Gasteiger partial charge in [0.2, 0.25) is 0 Å². The van der Waals surface area contributed by atoms with Crippen molar-refractivity contribution in [2.45, 2.75) is 24.7 Å². The third-order valence-corrected chi connectivity index (χ3v) is 16.0. The minimum absolute atomic E-state index is 0.0635. The molecule has 2 aliphatic carbocycles. The monoisotopic (exact) mass is 887 g/mol. The molecule has 0 N–H and O–H groups in total. The zero-order chi connectivity index (χ0) is 45.6. The van der Waals surface area contributed by atoms with Crippen molar-refractivity contribution in [2.24, 2.45) is 0 Å². The standard InChI is InChI=1S/C65H45NOS/c1-64(2)56-37-34-49(66(48-24-10-5-11-25-48)60-30-17-28-52-51-26-13-15-31-61(51)68-63(52)60)41-55(56)50-35-32-44(39-58(50)64)42-18-16-19-43(38-42)45-33-36-54-59(40-45)65(46-20-6-3-7-21-46,47-22-8-4-9-23-47)57-29-14-12-27-53(57)62(54)67/h3-41H,1-2H3. The highest BCUT2D eigenvalue weighted by Gasteiger charge is 2.46. The first kappa shape index (κ1) is 40.2. The average Bonchev–Trinajstić information content (AvgIpc) is 3.89. The van der Waals surface area contributed by atoms with Crippen LogP contribution in [0.5, 0.6) is 0 Å². The van der Waals surface area contributed by atoms with Gasteiger partial charge in [0.25, 0.3) is 0 Å². The Hall–Kier alpha value is -8.11. The summed E-state index contributed by atoms with van der Waals surface area (Å²) < 4.78 is 2.58. The summed E-state index contributed by atoms with van der Waals surface area (Å²) >= 11 is 1.86. The highest BCUT2D eigenvalue weighted by atomic mass is 32.1. The topological polar surface area (TPSA) is 20.3 Å².